The Hall–Kier alpha value is -3.72. The Morgan fingerprint density at radius 3 is 2.40 bits per heavy atom. The first-order valence-electron chi connectivity index (χ1n) is 11.4. The van der Waals surface area contributed by atoms with Crippen LogP contribution >= 0.6 is 11.8 Å². The Morgan fingerprint density at radius 1 is 1.09 bits per heavy atom. The summed E-state index contributed by atoms with van der Waals surface area (Å²) in [4.78, 5) is 29.7. The standard InChI is InChI=1S/C26H28N6O2S/c1-18-22(19(2)31(30-18)17-21-12-8-5-9-13-21)16-29-32-25(34)23(35-26(32)27-3)14-24(33)28-15-20-10-6-4-7-11-20/h4-13,16,23H,14-15,17H2,1-3H3,(H,28,33). The molecule has 1 saturated heterocycles. The summed E-state index contributed by atoms with van der Waals surface area (Å²) in [7, 11) is 1.62. The Kier molecular flexibility index (Phi) is 7.77. The van der Waals surface area contributed by atoms with Crippen molar-refractivity contribution >= 4 is 35.0 Å². The molecule has 2 aromatic carbocycles. The molecule has 1 aliphatic rings. The largest absolute Gasteiger partial charge is 0.352 e. The Morgan fingerprint density at radius 2 is 1.74 bits per heavy atom. The fourth-order valence-electron chi connectivity index (χ4n) is 3.80. The van der Waals surface area contributed by atoms with Gasteiger partial charge in [0.2, 0.25) is 5.91 Å². The van der Waals surface area contributed by atoms with Crippen LogP contribution in [0.5, 0.6) is 0 Å². The van der Waals surface area contributed by atoms with E-state index >= 15 is 0 Å². The van der Waals surface area contributed by atoms with Crippen LogP contribution in [0.15, 0.2) is 70.8 Å². The highest BCUT2D eigenvalue weighted by Crippen LogP contribution is 2.30. The molecule has 1 N–H and O–H groups in total. The van der Waals surface area contributed by atoms with E-state index in [0.29, 0.717) is 18.3 Å². The minimum Gasteiger partial charge on any atom is -0.352 e. The van der Waals surface area contributed by atoms with Crippen LogP contribution in [0.2, 0.25) is 0 Å². The van der Waals surface area contributed by atoms with Crippen molar-refractivity contribution in [2.75, 3.05) is 7.05 Å². The van der Waals surface area contributed by atoms with Gasteiger partial charge in [0.05, 0.1) is 18.5 Å². The maximum absolute atomic E-state index is 13.0. The number of hydrogen-bond donors (Lipinski definition) is 1. The fourth-order valence-corrected chi connectivity index (χ4v) is 4.83. The van der Waals surface area contributed by atoms with Crippen LogP contribution in [-0.2, 0) is 22.7 Å². The quantitative estimate of drug-likeness (QED) is 0.491. The normalized spacial score (nSPS) is 17.0. The topological polar surface area (TPSA) is 91.9 Å². The highest BCUT2D eigenvalue weighted by atomic mass is 32.2. The molecule has 0 saturated carbocycles. The van der Waals surface area contributed by atoms with Crippen LogP contribution in [0.1, 0.15) is 34.5 Å². The van der Waals surface area contributed by atoms with Crippen molar-refractivity contribution in [2.24, 2.45) is 10.1 Å². The number of amidine groups is 1. The summed E-state index contributed by atoms with van der Waals surface area (Å²) in [5, 5.41) is 13.2. The summed E-state index contributed by atoms with van der Waals surface area (Å²) in [6.45, 7) is 4.99. The molecule has 0 aliphatic carbocycles. The molecule has 1 unspecified atom stereocenters. The molecule has 0 radical (unpaired) electrons. The lowest BCUT2D eigenvalue weighted by Gasteiger charge is -2.10. The minimum absolute atomic E-state index is 0.0639. The first-order valence-corrected chi connectivity index (χ1v) is 12.2. The molecule has 8 nitrogen and oxygen atoms in total. The summed E-state index contributed by atoms with van der Waals surface area (Å²) in [6, 6.07) is 19.8. The van der Waals surface area contributed by atoms with Crippen LogP contribution in [0.4, 0.5) is 0 Å². The van der Waals surface area contributed by atoms with Crippen molar-refractivity contribution in [2.45, 2.75) is 38.6 Å². The third-order valence-electron chi connectivity index (χ3n) is 5.72. The average Bonchev–Trinajstić information content (AvgIpc) is 3.31. The second kappa shape index (κ2) is 11.1. The number of aryl methyl sites for hydroxylation is 1. The Bertz CT molecular complexity index is 1250. The van der Waals surface area contributed by atoms with Gasteiger partial charge < -0.3 is 5.32 Å². The van der Waals surface area contributed by atoms with Gasteiger partial charge in [-0.3, -0.25) is 19.3 Å². The number of amides is 2. The SMILES string of the molecule is CN=C1SC(CC(=O)NCc2ccccc2)C(=O)N1N=Cc1c(C)nn(Cc2ccccc2)c1C. The minimum atomic E-state index is -0.565. The molecule has 1 aromatic heterocycles. The smallest absolute Gasteiger partial charge is 0.263 e. The van der Waals surface area contributed by atoms with Gasteiger partial charge in [0.25, 0.3) is 5.91 Å². The Balaban J connectivity index is 1.42. The molecule has 2 amide bonds. The van der Waals surface area contributed by atoms with Gasteiger partial charge in [0, 0.05) is 31.3 Å². The highest BCUT2D eigenvalue weighted by Gasteiger charge is 2.39. The molecule has 9 heteroatoms. The number of rotatable bonds is 8. The van der Waals surface area contributed by atoms with Crippen LogP contribution in [0.25, 0.3) is 0 Å². The molecule has 1 atom stereocenters. The maximum atomic E-state index is 13.0. The monoisotopic (exact) mass is 488 g/mol. The highest BCUT2D eigenvalue weighted by molar-refractivity contribution is 8.15. The molecule has 180 valence electrons. The van der Waals surface area contributed by atoms with Crippen molar-refractivity contribution in [3.8, 4) is 0 Å². The number of thioether (sulfide) groups is 1. The third-order valence-corrected chi connectivity index (χ3v) is 6.94. The zero-order valence-corrected chi connectivity index (χ0v) is 20.8. The first-order chi connectivity index (χ1) is 17.0. The van der Waals surface area contributed by atoms with Gasteiger partial charge in [0.15, 0.2) is 5.17 Å². The van der Waals surface area contributed by atoms with E-state index in [4.69, 9.17) is 0 Å². The van der Waals surface area contributed by atoms with E-state index in [9.17, 15) is 9.59 Å². The summed E-state index contributed by atoms with van der Waals surface area (Å²) in [5.41, 5.74) is 4.81. The number of nitrogens with one attached hydrogen (secondary N) is 1. The summed E-state index contributed by atoms with van der Waals surface area (Å²) < 4.78 is 1.93. The van der Waals surface area contributed by atoms with Gasteiger partial charge >= 0.3 is 0 Å². The van der Waals surface area contributed by atoms with Gasteiger partial charge in [-0.15, -0.1) is 0 Å². The summed E-state index contributed by atoms with van der Waals surface area (Å²) >= 11 is 1.26. The van der Waals surface area contributed by atoms with E-state index in [1.54, 1.807) is 13.3 Å². The fraction of sp³-hybridized carbons (Fsp3) is 0.269. The van der Waals surface area contributed by atoms with E-state index in [1.807, 2.05) is 67.1 Å². The van der Waals surface area contributed by atoms with E-state index in [0.717, 1.165) is 28.1 Å². The lowest BCUT2D eigenvalue weighted by molar-refractivity contribution is -0.129. The zero-order chi connectivity index (χ0) is 24.8. The van der Waals surface area contributed by atoms with Crippen LogP contribution in [0.3, 0.4) is 0 Å². The van der Waals surface area contributed by atoms with Crippen molar-refractivity contribution in [3.63, 3.8) is 0 Å². The number of hydrazone groups is 1. The molecule has 35 heavy (non-hydrogen) atoms. The average molecular weight is 489 g/mol. The summed E-state index contributed by atoms with van der Waals surface area (Å²) in [5.74, 6) is -0.441. The number of hydrogen-bond acceptors (Lipinski definition) is 6. The number of aliphatic imine (C=N–C) groups is 1. The number of carbonyl (C=O) groups excluding carboxylic acids is 2. The number of aromatic nitrogens is 2. The molecule has 0 bridgehead atoms. The third kappa shape index (κ3) is 5.86. The predicted octanol–water partition coefficient (Wildman–Crippen LogP) is 3.52. The second-order valence-corrected chi connectivity index (χ2v) is 9.37. The van der Waals surface area contributed by atoms with Crippen LogP contribution in [-0.4, -0.2) is 50.3 Å². The lowest BCUT2D eigenvalue weighted by atomic mass is 10.2. The number of benzene rings is 2. The molecule has 1 aliphatic heterocycles. The number of nitrogens with zero attached hydrogens (tertiary/aromatic N) is 5. The van der Waals surface area contributed by atoms with Gasteiger partial charge in [-0.25, -0.2) is 0 Å². The zero-order valence-electron chi connectivity index (χ0n) is 20.0. The van der Waals surface area contributed by atoms with Crippen LogP contribution in [0, 0.1) is 13.8 Å². The molecule has 2 heterocycles. The van der Waals surface area contributed by atoms with Crippen molar-refractivity contribution < 1.29 is 9.59 Å². The molecular weight excluding hydrogens is 460 g/mol. The number of carbonyl (C=O) groups is 2. The molecular formula is C26H28N6O2S. The molecule has 1 fully saturated rings. The molecule has 0 spiro atoms. The van der Waals surface area contributed by atoms with Gasteiger partial charge in [-0.2, -0.15) is 15.2 Å². The first kappa shape index (κ1) is 24.4. The Labute approximate surface area is 209 Å². The van der Waals surface area contributed by atoms with E-state index < -0.39 is 5.25 Å². The molecule has 4 rings (SSSR count). The van der Waals surface area contributed by atoms with Gasteiger partial charge in [-0.1, -0.05) is 72.4 Å². The van der Waals surface area contributed by atoms with Crippen LogP contribution < -0.4 is 5.32 Å². The lowest BCUT2D eigenvalue weighted by Crippen LogP contribution is -2.32. The van der Waals surface area contributed by atoms with Crippen molar-refractivity contribution in [1.29, 1.82) is 0 Å². The van der Waals surface area contributed by atoms with E-state index in [-0.39, 0.29) is 18.2 Å². The predicted molar refractivity (Wildman–Crippen MR) is 139 cm³/mol. The van der Waals surface area contributed by atoms with Crippen molar-refractivity contribution in [3.05, 3.63) is 88.7 Å². The van der Waals surface area contributed by atoms with E-state index in [2.05, 4.69) is 32.6 Å². The van der Waals surface area contributed by atoms with Gasteiger partial charge in [0.1, 0.15) is 5.25 Å². The van der Waals surface area contributed by atoms with Crippen molar-refractivity contribution in [1.82, 2.24) is 20.1 Å². The van der Waals surface area contributed by atoms with E-state index in [1.165, 1.54) is 16.8 Å². The maximum Gasteiger partial charge on any atom is 0.263 e. The van der Waals surface area contributed by atoms with Gasteiger partial charge in [-0.05, 0) is 25.0 Å². The molecule has 3 aromatic rings. The second-order valence-electron chi connectivity index (χ2n) is 8.20. The summed E-state index contributed by atoms with van der Waals surface area (Å²) in [6.07, 6.45) is 1.72.